The van der Waals surface area contributed by atoms with Crippen molar-refractivity contribution >= 4 is 18.2 Å². The molecule has 4 nitrogen and oxygen atoms in total. The Morgan fingerprint density at radius 3 is 2.38 bits per heavy atom. The second-order valence-electron chi connectivity index (χ2n) is 6.79. The zero-order valence-corrected chi connectivity index (χ0v) is 15.2. The zero-order valence-electron chi connectivity index (χ0n) is 14.4. The number of nitrogens with zero attached hydrogens (tertiary/aromatic N) is 1. The minimum Gasteiger partial charge on any atom is -0.493 e. The molecule has 1 aliphatic carbocycles. The van der Waals surface area contributed by atoms with Crippen molar-refractivity contribution in [2.45, 2.75) is 31.4 Å². The van der Waals surface area contributed by atoms with Gasteiger partial charge in [-0.25, -0.2) is 4.39 Å². The summed E-state index contributed by atoms with van der Waals surface area (Å²) >= 11 is 0. The monoisotopic (exact) mass is 357 g/mol. The average molecular weight is 358 g/mol. The van der Waals surface area contributed by atoms with Crippen molar-refractivity contribution in [2.75, 3.05) is 34.4 Å². The Morgan fingerprint density at radius 1 is 1.21 bits per heavy atom. The fraction of sp³-hybridized carbons (Fsp3) is 0.611. The number of Topliss-reactive ketones (excluding diaryl/α,β-unsaturated/α-hetero) is 1. The molecule has 134 valence electrons. The molecule has 0 spiro atoms. The number of methoxy groups -OCH3 is 2. The molecule has 0 amide bonds. The van der Waals surface area contributed by atoms with Crippen molar-refractivity contribution in [3.8, 4) is 11.5 Å². The van der Waals surface area contributed by atoms with Gasteiger partial charge in [-0.05, 0) is 63.0 Å². The molecule has 0 N–H and O–H groups in total. The molecule has 1 aliphatic heterocycles. The standard InChI is InChI=1S/C18H24FNO3.ClH/c1-20-6-4-12(5-7-20)10-18(19)11-13-8-15(22-2)16(23-3)9-14(13)17(18)21;/h8-9,12H,4-7,10-11H2,1-3H3;1H. The molecule has 1 aromatic carbocycles. The Morgan fingerprint density at radius 2 is 1.79 bits per heavy atom. The first-order valence-corrected chi connectivity index (χ1v) is 8.14. The van der Waals surface area contributed by atoms with E-state index in [1.54, 1.807) is 19.2 Å². The predicted molar refractivity (Wildman–Crippen MR) is 93.5 cm³/mol. The number of hydrogen-bond donors (Lipinski definition) is 0. The molecule has 1 aromatic rings. The van der Waals surface area contributed by atoms with Gasteiger partial charge in [-0.2, -0.15) is 0 Å². The summed E-state index contributed by atoms with van der Waals surface area (Å²) in [5, 5.41) is 0. The molecule has 0 bridgehead atoms. The SMILES string of the molecule is COc1cc2c(cc1OC)C(=O)C(F)(CC1CCN(C)CC1)C2.Cl. The molecule has 1 heterocycles. The summed E-state index contributed by atoms with van der Waals surface area (Å²) in [4.78, 5) is 14.9. The molecular weight excluding hydrogens is 333 g/mol. The largest absolute Gasteiger partial charge is 0.493 e. The van der Waals surface area contributed by atoms with Gasteiger partial charge in [0, 0.05) is 12.0 Å². The molecule has 3 rings (SSSR count). The van der Waals surface area contributed by atoms with Gasteiger partial charge >= 0.3 is 0 Å². The number of benzene rings is 1. The second-order valence-corrected chi connectivity index (χ2v) is 6.79. The lowest BCUT2D eigenvalue weighted by Gasteiger charge is -2.32. The first kappa shape index (κ1) is 19.0. The number of fused-ring (bicyclic) bond motifs is 1. The number of carbonyl (C=O) groups is 1. The van der Waals surface area contributed by atoms with Crippen LogP contribution in [0.3, 0.4) is 0 Å². The number of piperidine rings is 1. The van der Waals surface area contributed by atoms with Gasteiger partial charge in [0.25, 0.3) is 0 Å². The molecule has 1 fully saturated rings. The molecule has 0 radical (unpaired) electrons. The van der Waals surface area contributed by atoms with Gasteiger partial charge in [0.2, 0.25) is 5.78 Å². The third-order valence-electron chi connectivity index (χ3n) is 5.18. The highest BCUT2D eigenvalue weighted by atomic mass is 35.5. The lowest BCUT2D eigenvalue weighted by atomic mass is 9.83. The van der Waals surface area contributed by atoms with E-state index < -0.39 is 11.5 Å². The highest BCUT2D eigenvalue weighted by Crippen LogP contribution is 2.43. The van der Waals surface area contributed by atoms with Crippen LogP contribution >= 0.6 is 12.4 Å². The molecule has 1 atom stereocenters. The highest BCUT2D eigenvalue weighted by Gasteiger charge is 2.48. The number of rotatable bonds is 4. The van der Waals surface area contributed by atoms with Crippen molar-refractivity contribution in [3.63, 3.8) is 0 Å². The van der Waals surface area contributed by atoms with Crippen molar-refractivity contribution < 1.29 is 18.7 Å². The van der Waals surface area contributed by atoms with Gasteiger partial charge in [0.15, 0.2) is 17.2 Å². The van der Waals surface area contributed by atoms with Crippen LogP contribution < -0.4 is 9.47 Å². The topological polar surface area (TPSA) is 38.8 Å². The fourth-order valence-corrected chi connectivity index (χ4v) is 3.79. The lowest BCUT2D eigenvalue weighted by Crippen LogP contribution is -2.37. The molecule has 1 unspecified atom stereocenters. The third-order valence-corrected chi connectivity index (χ3v) is 5.18. The van der Waals surface area contributed by atoms with Gasteiger partial charge in [-0.15, -0.1) is 12.4 Å². The Labute approximate surface area is 148 Å². The number of likely N-dealkylation sites (tertiary alicyclic amines) is 1. The maximum Gasteiger partial charge on any atom is 0.200 e. The minimum atomic E-state index is -1.78. The van der Waals surface area contributed by atoms with E-state index in [-0.39, 0.29) is 24.7 Å². The Bertz CT molecular complexity index is 617. The Hall–Kier alpha value is -1.33. The van der Waals surface area contributed by atoms with Gasteiger partial charge in [0.1, 0.15) is 0 Å². The predicted octanol–water partition coefficient (Wildman–Crippen LogP) is 3.30. The smallest absolute Gasteiger partial charge is 0.200 e. The van der Waals surface area contributed by atoms with Gasteiger partial charge in [0.05, 0.1) is 14.2 Å². The summed E-state index contributed by atoms with van der Waals surface area (Å²) in [5.41, 5.74) is -0.610. The van der Waals surface area contributed by atoms with E-state index in [1.165, 1.54) is 7.11 Å². The molecule has 24 heavy (non-hydrogen) atoms. The van der Waals surface area contributed by atoms with Crippen molar-refractivity contribution in [1.82, 2.24) is 4.90 Å². The average Bonchev–Trinajstić information content (AvgIpc) is 2.79. The molecule has 6 heteroatoms. The lowest BCUT2D eigenvalue weighted by molar-refractivity contribution is 0.0603. The van der Waals surface area contributed by atoms with E-state index in [9.17, 15) is 4.79 Å². The van der Waals surface area contributed by atoms with Crippen LogP contribution in [-0.2, 0) is 6.42 Å². The van der Waals surface area contributed by atoms with E-state index in [0.717, 1.165) is 31.5 Å². The van der Waals surface area contributed by atoms with Crippen molar-refractivity contribution in [1.29, 1.82) is 0 Å². The van der Waals surface area contributed by atoms with E-state index in [1.807, 2.05) is 0 Å². The number of carbonyl (C=O) groups excluding carboxylic acids is 1. The summed E-state index contributed by atoms with van der Waals surface area (Å²) in [5.74, 6) is 0.899. The van der Waals surface area contributed by atoms with Crippen LogP contribution in [0, 0.1) is 5.92 Å². The number of ketones is 1. The van der Waals surface area contributed by atoms with E-state index >= 15 is 4.39 Å². The normalized spacial score (nSPS) is 24.4. The summed E-state index contributed by atoms with van der Waals surface area (Å²) in [6.45, 7) is 1.95. The van der Waals surface area contributed by atoms with E-state index in [4.69, 9.17) is 9.47 Å². The first-order valence-electron chi connectivity index (χ1n) is 8.14. The highest BCUT2D eigenvalue weighted by molar-refractivity contribution is 6.07. The van der Waals surface area contributed by atoms with E-state index in [0.29, 0.717) is 23.5 Å². The van der Waals surface area contributed by atoms with Crippen molar-refractivity contribution in [2.24, 2.45) is 5.92 Å². The van der Waals surface area contributed by atoms with Crippen LogP contribution in [0.25, 0.3) is 0 Å². The molecular formula is C18H25ClFNO3. The van der Waals surface area contributed by atoms with Crippen molar-refractivity contribution in [3.05, 3.63) is 23.3 Å². The Balaban J connectivity index is 0.00000208. The quantitative estimate of drug-likeness (QED) is 0.828. The Kier molecular flexibility index (Phi) is 5.76. The molecule has 0 saturated carbocycles. The maximum atomic E-state index is 15.4. The summed E-state index contributed by atoms with van der Waals surface area (Å²) in [7, 11) is 5.14. The number of hydrogen-bond acceptors (Lipinski definition) is 4. The zero-order chi connectivity index (χ0) is 16.6. The van der Waals surface area contributed by atoms with Crippen LogP contribution in [0.15, 0.2) is 12.1 Å². The molecule has 2 aliphatic rings. The van der Waals surface area contributed by atoms with Gasteiger partial charge in [-0.3, -0.25) is 4.79 Å². The summed E-state index contributed by atoms with van der Waals surface area (Å²) in [6, 6.07) is 3.36. The minimum absolute atomic E-state index is 0. The van der Waals surface area contributed by atoms with Crippen LogP contribution in [0.4, 0.5) is 4.39 Å². The fourth-order valence-electron chi connectivity index (χ4n) is 3.79. The number of halogens is 2. The van der Waals surface area contributed by atoms with Crippen LogP contribution in [-0.4, -0.2) is 50.7 Å². The number of ether oxygens (including phenoxy) is 2. The van der Waals surface area contributed by atoms with Gasteiger partial charge < -0.3 is 14.4 Å². The maximum absolute atomic E-state index is 15.4. The molecule has 1 saturated heterocycles. The molecule has 0 aromatic heterocycles. The van der Waals surface area contributed by atoms with Crippen LogP contribution in [0.5, 0.6) is 11.5 Å². The van der Waals surface area contributed by atoms with Gasteiger partial charge in [-0.1, -0.05) is 0 Å². The number of alkyl halides is 1. The first-order chi connectivity index (χ1) is 11.0. The van der Waals surface area contributed by atoms with Crippen LogP contribution in [0.1, 0.15) is 35.2 Å². The summed E-state index contributed by atoms with van der Waals surface area (Å²) in [6.07, 6.45) is 2.38. The summed E-state index contributed by atoms with van der Waals surface area (Å²) < 4.78 is 25.9. The van der Waals surface area contributed by atoms with E-state index in [2.05, 4.69) is 11.9 Å². The second kappa shape index (κ2) is 7.28. The van der Waals surface area contributed by atoms with Crippen LogP contribution in [0.2, 0.25) is 0 Å². The third kappa shape index (κ3) is 3.38.